The van der Waals surface area contributed by atoms with Gasteiger partial charge < -0.3 is 15.2 Å². The molecule has 5 nitrogen and oxygen atoms in total. The van der Waals surface area contributed by atoms with Crippen molar-refractivity contribution in [1.82, 2.24) is 9.62 Å². The minimum Gasteiger partial charge on any atom is -0.465 e. The van der Waals surface area contributed by atoms with E-state index in [1.165, 1.54) is 11.9 Å². The summed E-state index contributed by atoms with van der Waals surface area (Å²) in [5.74, 6) is 0.412. The first-order valence-electron chi connectivity index (χ1n) is 3.71. The SMILES string of the molecule is O=C(O)NCSN1CCOCC1. The molecule has 1 amide bonds. The predicted octanol–water partition coefficient (Wildman–Crippen LogP) is 0.192. The Bertz CT molecular complexity index is 150. The number of nitrogens with one attached hydrogen (secondary N) is 1. The molecule has 0 aliphatic carbocycles. The molecule has 0 unspecified atom stereocenters. The fourth-order valence-corrected chi connectivity index (χ4v) is 1.64. The zero-order chi connectivity index (χ0) is 8.81. The molecule has 0 atom stereocenters. The van der Waals surface area contributed by atoms with Gasteiger partial charge in [0.25, 0.3) is 0 Å². The van der Waals surface area contributed by atoms with Crippen LogP contribution in [0.3, 0.4) is 0 Å². The summed E-state index contributed by atoms with van der Waals surface area (Å²) in [6.45, 7) is 3.21. The van der Waals surface area contributed by atoms with Crippen LogP contribution in [0.1, 0.15) is 0 Å². The Labute approximate surface area is 75.2 Å². The first-order chi connectivity index (χ1) is 5.79. The van der Waals surface area contributed by atoms with Gasteiger partial charge in [-0.2, -0.15) is 0 Å². The minimum absolute atomic E-state index is 0.412. The van der Waals surface area contributed by atoms with Gasteiger partial charge in [-0.05, 0) is 0 Å². The number of morpholine rings is 1. The average molecular weight is 192 g/mol. The maximum Gasteiger partial charge on any atom is 0.405 e. The molecule has 1 saturated heterocycles. The molecule has 0 aromatic carbocycles. The van der Waals surface area contributed by atoms with E-state index in [0.29, 0.717) is 5.88 Å². The first kappa shape index (κ1) is 9.63. The molecule has 1 heterocycles. The third-order valence-corrected chi connectivity index (χ3v) is 2.44. The lowest BCUT2D eigenvalue weighted by Gasteiger charge is -2.24. The second-order valence-electron chi connectivity index (χ2n) is 2.30. The average Bonchev–Trinajstić information content (AvgIpc) is 2.05. The van der Waals surface area contributed by atoms with Gasteiger partial charge in [0, 0.05) is 13.1 Å². The van der Waals surface area contributed by atoms with E-state index in [0.717, 1.165) is 26.3 Å². The number of rotatable bonds is 3. The van der Waals surface area contributed by atoms with Gasteiger partial charge in [0.05, 0.1) is 19.1 Å². The highest BCUT2D eigenvalue weighted by Crippen LogP contribution is 2.09. The number of hydrogen-bond donors (Lipinski definition) is 2. The van der Waals surface area contributed by atoms with Gasteiger partial charge in [-0.15, -0.1) is 0 Å². The number of amides is 1. The molecule has 1 fully saturated rings. The van der Waals surface area contributed by atoms with E-state index < -0.39 is 6.09 Å². The topological polar surface area (TPSA) is 61.8 Å². The summed E-state index contributed by atoms with van der Waals surface area (Å²) in [5.41, 5.74) is 0. The molecule has 0 saturated carbocycles. The fraction of sp³-hybridized carbons (Fsp3) is 0.833. The molecule has 6 heteroatoms. The largest absolute Gasteiger partial charge is 0.465 e. The van der Waals surface area contributed by atoms with E-state index in [9.17, 15) is 4.79 Å². The Morgan fingerprint density at radius 2 is 2.25 bits per heavy atom. The Balaban J connectivity index is 2.01. The van der Waals surface area contributed by atoms with Crippen LogP contribution in [-0.2, 0) is 4.74 Å². The molecular weight excluding hydrogens is 180 g/mol. The van der Waals surface area contributed by atoms with Crippen molar-refractivity contribution in [2.45, 2.75) is 0 Å². The van der Waals surface area contributed by atoms with Gasteiger partial charge in [-0.3, -0.25) is 0 Å². The van der Waals surface area contributed by atoms with Crippen LogP contribution in [0.25, 0.3) is 0 Å². The third kappa shape index (κ3) is 3.80. The fourth-order valence-electron chi connectivity index (χ4n) is 0.861. The van der Waals surface area contributed by atoms with Crippen LogP contribution in [0, 0.1) is 0 Å². The highest BCUT2D eigenvalue weighted by molar-refractivity contribution is 7.96. The van der Waals surface area contributed by atoms with E-state index in [1.807, 2.05) is 0 Å². The quantitative estimate of drug-likeness (QED) is 0.494. The molecule has 1 aliphatic rings. The summed E-state index contributed by atoms with van der Waals surface area (Å²) in [7, 11) is 0. The molecule has 1 rings (SSSR count). The van der Waals surface area contributed by atoms with E-state index in [1.54, 1.807) is 0 Å². The zero-order valence-electron chi connectivity index (χ0n) is 6.65. The van der Waals surface area contributed by atoms with E-state index in [2.05, 4.69) is 9.62 Å². The molecule has 0 aromatic heterocycles. The van der Waals surface area contributed by atoms with Crippen LogP contribution in [-0.4, -0.2) is 47.7 Å². The number of ether oxygens (including phenoxy) is 1. The molecule has 0 radical (unpaired) electrons. The molecule has 0 aromatic rings. The highest BCUT2D eigenvalue weighted by atomic mass is 32.2. The van der Waals surface area contributed by atoms with Gasteiger partial charge >= 0.3 is 6.09 Å². The Morgan fingerprint density at radius 3 is 2.83 bits per heavy atom. The number of carboxylic acid groups (broad SMARTS) is 1. The summed E-state index contributed by atoms with van der Waals surface area (Å²) in [4.78, 5) is 10.1. The zero-order valence-corrected chi connectivity index (χ0v) is 7.47. The molecule has 0 bridgehead atoms. The van der Waals surface area contributed by atoms with Crippen LogP contribution < -0.4 is 5.32 Å². The van der Waals surface area contributed by atoms with Crippen molar-refractivity contribution in [2.75, 3.05) is 32.2 Å². The lowest BCUT2D eigenvalue weighted by atomic mass is 10.5. The predicted molar refractivity (Wildman–Crippen MR) is 46.0 cm³/mol. The van der Waals surface area contributed by atoms with E-state index >= 15 is 0 Å². The molecule has 2 N–H and O–H groups in total. The third-order valence-electron chi connectivity index (χ3n) is 1.44. The normalized spacial score (nSPS) is 19.0. The van der Waals surface area contributed by atoms with Crippen LogP contribution in [0.15, 0.2) is 0 Å². The molecular formula is C6H12N2O3S. The van der Waals surface area contributed by atoms with Crippen molar-refractivity contribution in [3.63, 3.8) is 0 Å². The number of carbonyl (C=O) groups is 1. The second-order valence-corrected chi connectivity index (χ2v) is 3.36. The Morgan fingerprint density at radius 1 is 1.58 bits per heavy atom. The van der Waals surface area contributed by atoms with Crippen LogP contribution in [0.2, 0.25) is 0 Å². The second kappa shape index (κ2) is 5.23. The van der Waals surface area contributed by atoms with Crippen molar-refractivity contribution in [3.05, 3.63) is 0 Å². The molecule has 0 spiro atoms. The van der Waals surface area contributed by atoms with Crippen molar-refractivity contribution in [2.24, 2.45) is 0 Å². The number of hydrogen-bond acceptors (Lipinski definition) is 4. The van der Waals surface area contributed by atoms with Gasteiger partial charge in [0.15, 0.2) is 0 Å². The molecule has 12 heavy (non-hydrogen) atoms. The van der Waals surface area contributed by atoms with Crippen molar-refractivity contribution in [1.29, 1.82) is 0 Å². The number of nitrogens with zero attached hydrogens (tertiary/aromatic N) is 1. The summed E-state index contributed by atoms with van der Waals surface area (Å²) >= 11 is 1.49. The first-order valence-corrected chi connectivity index (χ1v) is 4.65. The van der Waals surface area contributed by atoms with Crippen molar-refractivity contribution < 1.29 is 14.6 Å². The van der Waals surface area contributed by atoms with E-state index in [-0.39, 0.29) is 0 Å². The van der Waals surface area contributed by atoms with Gasteiger partial charge in [0.1, 0.15) is 0 Å². The summed E-state index contributed by atoms with van der Waals surface area (Å²) < 4.78 is 7.23. The maximum atomic E-state index is 10.1. The summed E-state index contributed by atoms with van der Waals surface area (Å²) in [6, 6.07) is 0. The van der Waals surface area contributed by atoms with Gasteiger partial charge in [0.2, 0.25) is 0 Å². The highest BCUT2D eigenvalue weighted by Gasteiger charge is 2.10. The summed E-state index contributed by atoms with van der Waals surface area (Å²) in [5, 5.41) is 10.6. The van der Waals surface area contributed by atoms with Crippen molar-refractivity contribution in [3.8, 4) is 0 Å². The smallest absolute Gasteiger partial charge is 0.405 e. The lowest BCUT2D eigenvalue weighted by Crippen LogP contribution is -2.33. The Hall–Kier alpha value is -0.460. The van der Waals surface area contributed by atoms with Crippen LogP contribution >= 0.6 is 11.9 Å². The van der Waals surface area contributed by atoms with Crippen molar-refractivity contribution >= 4 is 18.0 Å². The Kier molecular flexibility index (Phi) is 4.20. The maximum absolute atomic E-state index is 10.1. The monoisotopic (exact) mass is 192 g/mol. The lowest BCUT2D eigenvalue weighted by molar-refractivity contribution is 0.0773. The molecule has 1 aliphatic heterocycles. The van der Waals surface area contributed by atoms with E-state index in [4.69, 9.17) is 9.84 Å². The minimum atomic E-state index is -0.976. The summed E-state index contributed by atoms with van der Waals surface area (Å²) in [6.07, 6.45) is -0.976. The van der Waals surface area contributed by atoms with Gasteiger partial charge in [-0.1, -0.05) is 11.9 Å². The standard InChI is InChI=1S/C6H12N2O3S/c9-6(10)7-5-12-8-1-3-11-4-2-8/h7H,1-5H2,(H,9,10). The van der Waals surface area contributed by atoms with Crippen LogP contribution in [0.4, 0.5) is 4.79 Å². The van der Waals surface area contributed by atoms with Gasteiger partial charge in [-0.25, -0.2) is 9.10 Å². The van der Waals surface area contributed by atoms with Crippen LogP contribution in [0.5, 0.6) is 0 Å². The molecule has 70 valence electrons.